The van der Waals surface area contributed by atoms with Crippen molar-refractivity contribution in [1.29, 1.82) is 0 Å². The maximum atomic E-state index is 13.5. The summed E-state index contributed by atoms with van der Waals surface area (Å²) in [6.07, 6.45) is 2.33. The third kappa shape index (κ3) is 2.05. The van der Waals surface area contributed by atoms with Gasteiger partial charge in [0.05, 0.1) is 18.0 Å². The molecule has 0 atom stereocenters. The number of nitrogen functional groups attached to an aromatic ring is 1. The third-order valence-electron chi connectivity index (χ3n) is 2.83. The van der Waals surface area contributed by atoms with Gasteiger partial charge in [-0.3, -0.25) is 0 Å². The first-order chi connectivity index (χ1) is 7.72. The molecule has 1 saturated heterocycles. The smallest absolute Gasteiger partial charge is 0.167 e. The fourth-order valence-electron chi connectivity index (χ4n) is 2.06. The molecule has 1 heterocycles. The van der Waals surface area contributed by atoms with E-state index in [9.17, 15) is 4.39 Å². The van der Waals surface area contributed by atoms with Crippen molar-refractivity contribution in [3.8, 4) is 5.75 Å². The SMILES string of the molecule is CCOc1cc(N2CCCC2)c(N)cc1F. The van der Waals surface area contributed by atoms with Crippen LogP contribution in [0.25, 0.3) is 0 Å². The molecule has 0 spiro atoms. The van der Waals surface area contributed by atoms with Gasteiger partial charge in [0, 0.05) is 25.2 Å². The van der Waals surface area contributed by atoms with E-state index in [1.54, 1.807) is 6.07 Å². The van der Waals surface area contributed by atoms with E-state index in [0.717, 1.165) is 18.8 Å². The zero-order valence-electron chi connectivity index (χ0n) is 9.50. The van der Waals surface area contributed by atoms with E-state index in [1.807, 2.05) is 6.92 Å². The zero-order chi connectivity index (χ0) is 11.5. The lowest BCUT2D eigenvalue weighted by atomic mass is 10.2. The molecule has 1 aromatic carbocycles. The summed E-state index contributed by atoms with van der Waals surface area (Å²) in [7, 11) is 0. The Morgan fingerprint density at radius 3 is 2.69 bits per heavy atom. The third-order valence-corrected chi connectivity index (χ3v) is 2.83. The Kier molecular flexibility index (Phi) is 3.17. The Balaban J connectivity index is 2.32. The van der Waals surface area contributed by atoms with Gasteiger partial charge in [0.25, 0.3) is 0 Å². The Morgan fingerprint density at radius 1 is 1.38 bits per heavy atom. The number of hydrogen-bond acceptors (Lipinski definition) is 3. The van der Waals surface area contributed by atoms with Gasteiger partial charge in [0.15, 0.2) is 11.6 Å². The first kappa shape index (κ1) is 11.0. The lowest BCUT2D eigenvalue weighted by molar-refractivity contribution is 0.322. The largest absolute Gasteiger partial charge is 0.491 e. The summed E-state index contributed by atoms with van der Waals surface area (Å²) in [6.45, 7) is 4.27. The molecule has 1 aromatic rings. The predicted octanol–water partition coefficient (Wildman–Crippen LogP) is 2.41. The molecule has 3 nitrogen and oxygen atoms in total. The molecule has 0 bridgehead atoms. The van der Waals surface area contributed by atoms with E-state index >= 15 is 0 Å². The minimum absolute atomic E-state index is 0.290. The number of ether oxygens (including phenoxy) is 1. The minimum atomic E-state index is -0.387. The topological polar surface area (TPSA) is 38.5 Å². The van der Waals surface area contributed by atoms with E-state index in [2.05, 4.69) is 4.90 Å². The van der Waals surface area contributed by atoms with Gasteiger partial charge in [0.2, 0.25) is 0 Å². The molecule has 1 aliphatic heterocycles. The second kappa shape index (κ2) is 4.60. The maximum absolute atomic E-state index is 13.5. The normalized spacial score (nSPS) is 15.5. The first-order valence-electron chi connectivity index (χ1n) is 5.69. The molecule has 0 unspecified atom stereocenters. The molecule has 1 aliphatic rings. The van der Waals surface area contributed by atoms with Crippen molar-refractivity contribution < 1.29 is 9.13 Å². The summed E-state index contributed by atoms with van der Waals surface area (Å²) >= 11 is 0. The van der Waals surface area contributed by atoms with Gasteiger partial charge < -0.3 is 15.4 Å². The highest BCUT2D eigenvalue weighted by Crippen LogP contribution is 2.32. The Labute approximate surface area is 95.0 Å². The highest BCUT2D eigenvalue weighted by molar-refractivity contribution is 5.70. The van der Waals surface area contributed by atoms with Crippen LogP contribution in [-0.2, 0) is 0 Å². The van der Waals surface area contributed by atoms with Gasteiger partial charge in [-0.2, -0.15) is 0 Å². The molecule has 0 amide bonds. The van der Waals surface area contributed by atoms with E-state index in [1.165, 1.54) is 18.9 Å². The average Bonchev–Trinajstić information content (AvgIpc) is 2.75. The molecule has 0 aromatic heterocycles. The zero-order valence-corrected chi connectivity index (χ0v) is 9.50. The summed E-state index contributed by atoms with van der Waals surface area (Å²) in [5.74, 6) is -0.0964. The second-order valence-corrected chi connectivity index (χ2v) is 3.97. The fraction of sp³-hybridized carbons (Fsp3) is 0.500. The van der Waals surface area contributed by atoms with Crippen LogP contribution in [0.15, 0.2) is 12.1 Å². The van der Waals surface area contributed by atoms with Crippen molar-refractivity contribution in [3.05, 3.63) is 17.9 Å². The van der Waals surface area contributed by atoms with Crippen molar-refractivity contribution in [1.82, 2.24) is 0 Å². The van der Waals surface area contributed by atoms with Crippen LogP contribution in [0, 0.1) is 5.82 Å². The Morgan fingerprint density at radius 2 is 2.06 bits per heavy atom. The number of benzene rings is 1. The molecule has 16 heavy (non-hydrogen) atoms. The summed E-state index contributed by atoms with van der Waals surface area (Å²) in [6, 6.07) is 3.05. The molecule has 4 heteroatoms. The van der Waals surface area contributed by atoms with Gasteiger partial charge in [-0.05, 0) is 19.8 Å². The molecule has 1 fully saturated rings. The van der Waals surface area contributed by atoms with Crippen LogP contribution in [0.5, 0.6) is 5.75 Å². The van der Waals surface area contributed by atoms with Gasteiger partial charge in [0.1, 0.15) is 0 Å². The van der Waals surface area contributed by atoms with E-state index in [0.29, 0.717) is 18.0 Å². The van der Waals surface area contributed by atoms with Crippen LogP contribution in [0.4, 0.5) is 15.8 Å². The van der Waals surface area contributed by atoms with Crippen molar-refractivity contribution in [2.24, 2.45) is 0 Å². The van der Waals surface area contributed by atoms with Crippen LogP contribution < -0.4 is 15.4 Å². The highest BCUT2D eigenvalue weighted by atomic mass is 19.1. The maximum Gasteiger partial charge on any atom is 0.167 e. The molecular formula is C12H17FN2O. The molecule has 0 aliphatic carbocycles. The van der Waals surface area contributed by atoms with Gasteiger partial charge >= 0.3 is 0 Å². The van der Waals surface area contributed by atoms with Gasteiger partial charge in [-0.15, -0.1) is 0 Å². The standard InChI is InChI=1S/C12H17FN2O/c1-2-16-12-8-11(10(14)7-9(12)13)15-5-3-4-6-15/h7-8H,2-6,14H2,1H3. The van der Waals surface area contributed by atoms with E-state index in [-0.39, 0.29) is 5.82 Å². The predicted molar refractivity (Wildman–Crippen MR) is 63.4 cm³/mol. The summed E-state index contributed by atoms with van der Waals surface area (Å²) in [5, 5.41) is 0. The van der Waals surface area contributed by atoms with Crippen LogP contribution in [0.3, 0.4) is 0 Å². The number of rotatable bonds is 3. The number of halogens is 1. The Bertz CT molecular complexity index is 376. The van der Waals surface area contributed by atoms with Crippen LogP contribution >= 0.6 is 0 Å². The molecule has 88 valence electrons. The number of anilines is 2. The fourth-order valence-corrected chi connectivity index (χ4v) is 2.06. The summed E-state index contributed by atoms with van der Waals surface area (Å²) in [4.78, 5) is 2.18. The van der Waals surface area contributed by atoms with Crippen LogP contribution in [0.2, 0.25) is 0 Å². The van der Waals surface area contributed by atoms with Crippen molar-refractivity contribution in [2.45, 2.75) is 19.8 Å². The molecule has 0 radical (unpaired) electrons. The van der Waals surface area contributed by atoms with E-state index < -0.39 is 0 Å². The lowest BCUT2D eigenvalue weighted by Gasteiger charge is -2.20. The molecule has 0 saturated carbocycles. The average molecular weight is 224 g/mol. The quantitative estimate of drug-likeness (QED) is 0.801. The highest BCUT2D eigenvalue weighted by Gasteiger charge is 2.17. The minimum Gasteiger partial charge on any atom is -0.491 e. The number of nitrogens with zero attached hydrogens (tertiary/aromatic N) is 1. The molecule has 2 rings (SSSR count). The second-order valence-electron chi connectivity index (χ2n) is 3.97. The van der Waals surface area contributed by atoms with E-state index in [4.69, 9.17) is 10.5 Å². The summed E-state index contributed by atoms with van der Waals surface area (Å²) in [5.41, 5.74) is 7.21. The monoisotopic (exact) mass is 224 g/mol. The molecular weight excluding hydrogens is 207 g/mol. The van der Waals surface area contributed by atoms with Gasteiger partial charge in [-0.1, -0.05) is 0 Å². The van der Waals surface area contributed by atoms with Crippen molar-refractivity contribution in [2.75, 3.05) is 30.3 Å². The number of nitrogens with two attached hydrogens (primary N) is 1. The van der Waals surface area contributed by atoms with Crippen LogP contribution in [0.1, 0.15) is 19.8 Å². The summed E-state index contributed by atoms with van der Waals surface area (Å²) < 4.78 is 18.7. The number of hydrogen-bond donors (Lipinski definition) is 1. The van der Waals surface area contributed by atoms with Crippen molar-refractivity contribution in [3.63, 3.8) is 0 Å². The van der Waals surface area contributed by atoms with Crippen LogP contribution in [-0.4, -0.2) is 19.7 Å². The Hall–Kier alpha value is -1.45. The lowest BCUT2D eigenvalue weighted by Crippen LogP contribution is -2.19. The van der Waals surface area contributed by atoms with Gasteiger partial charge in [-0.25, -0.2) is 4.39 Å². The van der Waals surface area contributed by atoms with Crippen molar-refractivity contribution >= 4 is 11.4 Å². The molecule has 2 N–H and O–H groups in total. The first-order valence-corrected chi connectivity index (χ1v) is 5.69.